The fourth-order valence-corrected chi connectivity index (χ4v) is 5.71. The minimum atomic E-state index is 0.615. The summed E-state index contributed by atoms with van der Waals surface area (Å²) in [6.45, 7) is 5.61. The van der Waals surface area contributed by atoms with Gasteiger partial charge in [-0.15, -0.1) is 0 Å². The highest BCUT2D eigenvalue weighted by Gasteiger charge is 2.66. The zero-order valence-electron chi connectivity index (χ0n) is 13.5. The average molecular weight is 283 g/mol. The van der Waals surface area contributed by atoms with Crippen molar-refractivity contribution in [3.8, 4) is 0 Å². The van der Waals surface area contributed by atoms with Gasteiger partial charge in [0.25, 0.3) is 0 Å². The summed E-state index contributed by atoms with van der Waals surface area (Å²) in [6.07, 6.45) is 7.06. The molecule has 3 aliphatic rings. The Kier molecular flexibility index (Phi) is 3.57. The van der Waals surface area contributed by atoms with Gasteiger partial charge in [-0.1, -0.05) is 44.5 Å². The summed E-state index contributed by atoms with van der Waals surface area (Å²) in [7, 11) is 0. The second kappa shape index (κ2) is 5.43. The van der Waals surface area contributed by atoms with Crippen molar-refractivity contribution in [1.82, 2.24) is 5.32 Å². The molecule has 5 atom stereocenters. The van der Waals surface area contributed by atoms with E-state index in [0.717, 1.165) is 36.1 Å². The molecule has 0 spiro atoms. The maximum absolute atomic E-state index is 3.81. The minimum Gasteiger partial charge on any atom is -0.310 e. The first-order valence-electron chi connectivity index (χ1n) is 9.15. The standard InChI is InChI=1S/C20H29N/c1-3-5-13-6-8-14(9-7-13)20(21-4-2)19-17-15-10-11-16(12-15)18(17)19/h6-9,15-21H,3-5,10-12H2,1-2H3. The highest BCUT2D eigenvalue weighted by Crippen LogP contribution is 2.72. The summed E-state index contributed by atoms with van der Waals surface area (Å²) in [4.78, 5) is 0. The first kappa shape index (κ1) is 13.8. The Morgan fingerprint density at radius 3 is 2.29 bits per heavy atom. The van der Waals surface area contributed by atoms with Crippen LogP contribution in [0.2, 0.25) is 0 Å². The lowest BCUT2D eigenvalue weighted by atomic mass is 9.92. The highest BCUT2D eigenvalue weighted by molar-refractivity contribution is 5.29. The third kappa shape index (κ3) is 2.25. The molecule has 0 aliphatic heterocycles. The molecule has 3 aliphatic carbocycles. The van der Waals surface area contributed by atoms with Crippen LogP contribution in [0.25, 0.3) is 0 Å². The van der Waals surface area contributed by atoms with Crippen LogP contribution in [0.3, 0.4) is 0 Å². The molecule has 1 heteroatoms. The van der Waals surface area contributed by atoms with Crippen molar-refractivity contribution >= 4 is 0 Å². The van der Waals surface area contributed by atoms with Gasteiger partial charge in [0.2, 0.25) is 0 Å². The lowest BCUT2D eigenvalue weighted by Crippen LogP contribution is -2.25. The van der Waals surface area contributed by atoms with Crippen LogP contribution in [0.4, 0.5) is 0 Å². The lowest BCUT2D eigenvalue weighted by Gasteiger charge is -2.22. The molecule has 3 saturated carbocycles. The predicted molar refractivity (Wildman–Crippen MR) is 88.2 cm³/mol. The van der Waals surface area contributed by atoms with Crippen molar-refractivity contribution in [3.63, 3.8) is 0 Å². The average Bonchev–Trinajstić information content (AvgIpc) is 2.91. The second-order valence-corrected chi connectivity index (χ2v) is 7.59. The van der Waals surface area contributed by atoms with Gasteiger partial charge < -0.3 is 5.32 Å². The maximum Gasteiger partial charge on any atom is 0.0354 e. The van der Waals surface area contributed by atoms with Crippen LogP contribution in [-0.2, 0) is 6.42 Å². The summed E-state index contributed by atoms with van der Waals surface area (Å²) in [6, 6.07) is 10.1. The van der Waals surface area contributed by atoms with E-state index in [1.165, 1.54) is 36.8 Å². The van der Waals surface area contributed by atoms with Crippen molar-refractivity contribution in [3.05, 3.63) is 35.4 Å². The summed E-state index contributed by atoms with van der Waals surface area (Å²) in [5.74, 6) is 5.20. The molecule has 0 saturated heterocycles. The van der Waals surface area contributed by atoms with Crippen molar-refractivity contribution in [2.45, 2.75) is 52.0 Å². The lowest BCUT2D eigenvalue weighted by molar-refractivity contribution is 0.374. The molecule has 3 fully saturated rings. The van der Waals surface area contributed by atoms with E-state index in [0.29, 0.717) is 6.04 Å². The summed E-state index contributed by atoms with van der Waals surface area (Å²) in [5.41, 5.74) is 3.03. The Balaban J connectivity index is 1.52. The van der Waals surface area contributed by atoms with E-state index >= 15 is 0 Å². The molecular formula is C20H29N. The predicted octanol–water partition coefficient (Wildman–Crippen LogP) is 4.58. The van der Waals surface area contributed by atoms with Crippen LogP contribution in [0.1, 0.15) is 56.7 Å². The van der Waals surface area contributed by atoms with Crippen LogP contribution < -0.4 is 5.32 Å². The number of benzene rings is 1. The third-order valence-corrected chi connectivity index (χ3v) is 6.48. The van der Waals surface area contributed by atoms with Gasteiger partial charge in [0.05, 0.1) is 0 Å². The molecule has 4 rings (SSSR count). The Morgan fingerprint density at radius 2 is 1.71 bits per heavy atom. The first-order valence-corrected chi connectivity index (χ1v) is 9.15. The topological polar surface area (TPSA) is 12.0 Å². The molecule has 2 bridgehead atoms. The Labute approximate surface area is 129 Å². The van der Waals surface area contributed by atoms with Gasteiger partial charge in [-0.2, -0.15) is 0 Å². The molecule has 0 radical (unpaired) electrons. The number of hydrogen-bond donors (Lipinski definition) is 1. The van der Waals surface area contributed by atoms with Crippen LogP contribution in [0.5, 0.6) is 0 Å². The van der Waals surface area contributed by atoms with E-state index < -0.39 is 0 Å². The van der Waals surface area contributed by atoms with E-state index in [2.05, 4.69) is 43.4 Å². The number of fused-ring (bicyclic) bond motifs is 5. The largest absolute Gasteiger partial charge is 0.310 e. The zero-order chi connectivity index (χ0) is 14.4. The molecule has 1 aromatic rings. The van der Waals surface area contributed by atoms with Crippen LogP contribution in [0.15, 0.2) is 24.3 Å². The van der Waals surface area contributed by atoms with Crippen LogP contribution >= 0.6 is 0 Å². The van der Waals surface area contributed by atoms with E-state index in [-0.39, 0.29) is 0 Å². The fraction of sp³-hybridized carbons (Fsp3) is 0.700. The van der Waals surface area contributed by atoms with Gasteiger partial charge in [-0.25, -0.2) is 0 Å². The van der Waals surface area contributed by atoms with Crippen molar-refractivity contribution in [2.24, 2.45) is 29.6 Å². The number of rotatable bonds is 6. The van der Waals surface area contributed by atoms with E-state index in [1.54, 1.807) is 6.42 Å². The number of aryl methyl sites for hydroxylation is 1. The quantitative estimate of drug-likeness (QED) is 0.805. The molecule has 5 unspecified atom stereocenters. The Morgan fingerprint density at radius 1 is 1.05 bits per heavy atom. The molecular weight excluding hydrogens is 254 g/mol. The van der Waals surface area contributed by atoms with Gasteiger partial charge in [0.15, 0.2) is 0 Å². The van der Waals surface area contributed by atoms with Gasteiger partial charge in [-0.3, -0.25) is 0 Å². The van der Waals surface area contributed by atoms with Crippen molar-refractivity contribution in [2.75, 3.05) is 6.54 Å². The molecule has 0 amide bonds. The smallest absolute Gasteiger partial charge is 0.0354 e. The van der Waals surface area contributed by atoms with E-state index in [9.17, 15) is 0 Å². The molecule has 0 aromatic heterocycles. The molecule has 0 heterocycles. The number of nitrogens with one attached hydrogen (secondary N) is 1. The SMILES string of the molecule is CCCc1ccc(C(NCC)C2C3C4CCC(C4)C32)cc1. The summed E-state index contributed by atoms with van der Waals surface area (Å²) in [5, 5.41) is 3.81. The highest BCUT2D eigenvalue weighted by atomic mass is 14.9. The van der Waals surface area contributed by atoms with Gasteiger partial charge in [0.1, 0.15) is 0 Å². The van der Waals surface area contributed by atoms with Crippen LogP contribution in [-0.4, -0.2) is 6.54 Å². The van der Waals surface area contributed by atoms with Gasteiger partial charge in [-0.05, 0) is 72.9 Å². The van der Waals surface area contributed by atoms with Gasteiger partial charge >= 0.3 is 0 Å². The third-order valence-electron chi connectivity index (χ3n) is 6.48. The monoisotopic (exact) mass is 283 g/mol. The maximum atomic E-state index is 3.81. The fourth-order valence-electron chi connectivity index (χ4n) is 5.71. The molecule has 21 heavy (non-hydrogen) atoms. The molecule has 114 valence electrons. The van der Waals surface area contributed by atoms with E-state index in [4.69, 9.17) is 0 Å². The van der Waals surface area contributed by atoms with Crippen LogP contribution in [0, 0.1) is 29.6 Å². The Hall–Kier alpha value is -0.820. The zero-order valence-corrected chi connectivity index (χ0v) is 13.5. The number of hydrogen-bond acceptors (Lipinski definition) is 1. The normalized spacial score (nSPS) is 37.5. The molecule has 1 aromatic carbocycles. The Bertz CT molecular complexity index is 475. The molecule has 1 nitrogen and oxygen atoms in total. The summed E-state index contributed by atoms with van der Waals surface area (Å²) >= 11 is 0. The summed E-state index contributed by atoms with van der Waals surface area (Å²) < 4.78 is 0. The second-order valence-electron chi connectivity index (χ2n) is 7.59. The first-order chi connectivity index (χ1) is 10.3. The van der Waals surface area contributed by atoms with Gasteiger partial charge in [0, 0.05) is 6.04 Å². The minimum absolute atomic E-state index is 0.615. The molecule has 1 N–H and O–H groups in total. The van der Waals surface area contributed by atoms with E-state index in [1.807, 2.05) is 0 Å². The van der Waals surface area contributed by atoms with Crippen molar-refractivity contribution in [1.29, 1.82) is 0 Å². The van der Waals surface area contributed by atoms with Crippen molar-refractivity contribution < 1.29 is 0 Å².